The van der Waals surface area contributed by atoms with E-state index in [1.54, 1.807) is 25.3 Å². The Bertz CT molecular complexity index is 657. The standard InChI is InChI=1S/C20H27N3O2/c1-22(2)20(24)16-5-7-18(8-6-16)23-13-10-17(11-14-23)21-12-9-19-4-3-15-25-19/h3-8,15,17,21H,9-14H2,1-2H3. The first-order valence-electron chi connectivity index (χ1n) is 8.96. The van der Waals surface area contributed by atoms with Crippen molar-refractivity contribution in [1.82, 2.24) is 10.2 Å². The van der Waals surface area contributed by atoms with Crippen LogP contribution in [0.15, 0.2) is 47.1 Å². The minimum atomic E-state index is 0.0472. The van der Waals surface area contributed by atoms with E-state index in [0.717, 1.165) is 50.2 Å². The lowest BCUT2D eigenvalue weighted by atomic mass is 10.0. The molecule has 2 heterocycles. The highest BCUT2D eigenvalue weighted by Gasteiger charge is 2.19. The fourth-order valence-corrected chi connectivity index (χ4v) is 3.27. The highest BCUT2D eigenvalue weighted by Crippen LogP contribution is 2.21. The van der Waals surface area contributed by atoms with E-state index in [-0.39, 0.29) is 5.91 Å². The van der Waals surface area contributed by atoms with E-state index in [9.17, 15) is 4.79 Å². The normalized spacial score (nSPS) is 15.4. The van der Waals surface area contributed by atoms with Crippen molar-refractivity contribution in [2.75, 3.05) is 38.6 Å². The molecule has 3 rings (SSSR count). The maximum absolute atomic E-state index is 12.0. The molecule has 0 atom stereocenters. The summed E-state index contributed by atoms with van der Waals surface area (Å²) in [5.74, 6) is 1.09. The lowest BCUT2D eigenvalue weighted by Crippen LogP contribution is -2.43. The third-order valence-electron chi connectivity index (χ3n) is 4.77. The zero-order chi connectivity index (χ0) is 17.6. The van der Waals surface area contributed by atoms with Crippen molar-refractivity contribution in [3.05, 3.63) is 54.0 Å². The molecule has 134 valence electrons. The summed E-state index contributed by atoms with van der Waals surface area (Å²) in [5.41, 5.74) is 1.94. The lowest BCUT2D eigenvalue weighted by Gasteiger charge is -2.34. The van der Waals surface area contributed by atoms with Crippen LogP contribution in [0.25, 0.3) is 0 Å². The Labute approximate surface area is 149 Å². The van der Waals surface area contributed by atoms with Crippen molar-refractivity contribution < 1.29 is 9.21 Å². The summed E-state index contributed by atoms with van der Waals surface area (Å²) in [6.07, 6.45) is 4.94. The van der Waals surface area contributed by atoms with Crippen LogP contribution in [0, 0.1) is 0 Å². The number of furan rings is 1. The van der Waals surface area contributed by atoms with E-state index in [2.05, 4.69) is 22.3 Å². The molecule has 0 radical (unpaired) electrons. The number of piperidine rings is 1. The van der Waals surface area contributed by atoms with Gasteiger partial charge in [0.2, 0.25) is 0 Å². The molecule has 25 heavy (non-hydrogen) atoms. The Morgan fingerprint density at radius 2 is 1.92 bits per heavy atom. The highest BCUT2D eigenvalue weighted by atomic mass is 16.3. The Morgan fingerprint density at radius 1 is 1.20 bits per heavy atom. The van der Waals surface area contributed by atoms with Crippen LogP contribution >= 0.6 is 0 Å². The van der Waals surface area contributed by atoms with Gasteiger partial charge in [-0.1, -0.05) is 0 Å². The summed E-state index contributed by atoms with van der Waals surface area (Å²) in [6.45, 7) is 3.04. The fourth-order valence-electron chi connectivity index (χ4n) is 3.27. The molecule has 1 amide bonds. The van der Waals surface area contributed by atoms with Gasteiger partial charge in [0.25, 0.3) is 5.91 Å². The molecular formula is C20H27N3O2. The first kappa shape index (κ1) is 17.5. The third-order valence-corrected chi connectivity index (χ3v) is 4.77. The van der Waals surface area contributed by atoms with Crippen molar-refractivity contribution in [2.24, 2.45) is 0 Å². The van der Waals surface area contributed by atoms with E-state index in [0.29, 0.717) is 6.04 Å². The summed E-state index contributed by atoms with van der Waals surface area (Å²) >= 11 is 0. The first-order valence-corrected chi connectivity index (χ1v) is 8.96. The number of carbonyl (C=O) groups excluding carboxylic acids is 1. The topological polar surface area (TPSA) is 48.7 Å². The van der Waals surface area contributed by atoms with Crippen LogP contribution in [0.2, 0.25) is 0 Å². The molecule has 5 heteroatoms. The van der Waals surface area contributed by atoms with Crippen LogP contribution in [0.4, 0.5) is 5.69 Å². The van der Waals surface area contributed by atoms with Crippen LogP contribution in [-0.4, -0.2) is 50.6 Å². The number of hydrogen-bond acceptors (Lipinski definition) is 4. The predicted molar refractivity (Wildman–Crippen MR) is 100 cm³/mol. The molecule has 1 aromatic heterocycles. The van der Waals surface area contributed by atoms with Gasteiger partial charge in [0.1, 0.15) is 5.76 Å². The Kier molecular flexibility index (Phi) is 5.76. The second-order valence-electron chi connectivity index (χ2n) is 6.79. The summed E-state index contributed by atoms with van der Waals surface area (Å²) in [4.78, 5) is 16.0. The monoisotopic (exact) mass is 341 g/mol. The predicted octanol–water partition coefficient (Wildman–Crippen LogP) is 2.78. The highest BCUT2D eigenvalue weighted by molar-refractivity contribution is 5.94. The number of nitrogens with zero attached hydrogens (tertiary/aromatic N) is 2. The SMILES string of the molecule is CN(C)C(=O)c1ccc(N2CCC(NCCc3ccco3)CC2)cc1. The molecule has 1 saturated heterocycles. The average molecular weight is 341 g/mol. The van der Waals surface area contributed by atoms with Gasteiger partial charge in [-0.05, 0) is 49.2 Å². The number of hydrogen-bond donors (Lipinski definition) is 1. The van der Waals surface area contributed by atoms with E-state index >= 15 is 0 Å². The maximum Gasteiger partial charge on any atom is 0.253 e. The van der Waals surface area contributed by atoms with Crippen LogP contribution in [0.1, 0.15) is 29.0 Å². The van der Waals surface area contributed by atoms with Crippen LogP contribution < -0.4 is 10.2 Å². The molecule has 1 N–H and O–H groups in total. The van der Waals surface area contributed by atoms with Gasteiger partial charge in [-0.15, -0.1) is 0 Å². The van der Waals surface area contributed by atoms with Gasteiger partial charge in [-0.25, -0.2) is 0 Å². The molecule has 0 bridgehead atoms. The minimum Gasteiger partial charge on any atom is -0.469 e. The molecule has 2 aromatic rings. The van der Waals surface area contributed by atoms with Crippen LogP contribution in [0.3, 0.4) is 0 Å². The smallest absolute Gasteiger partial charge is 0.253 e. The summed E-state index contributed by atoms with van der Waals surface area (Å²) in [7, 11) is 3.56. The summed E-state index contributed by atoms with van der Waals surface area (Å²) < 4.78 is 5.36. The van der Waals surface area contributed by atoms with Crippen molar-refractivity contribution >= 4 is 11.6 Å². The molecule has 0 spiro atoms. The fraction of sp³-hybridized carbons (Fsp3) is 0.450. The van der Waals surface area contributed by atoms with Crippen molar-refractivity contribution in [2.45, 2.75) is 25.3 Å². The second-order valence-corrected chi connectivity index (χ2v) is 6.79. The summed E-state index contributed by atoms with van der Waals surface area (Å²) in [6, 6.07) is 12.5. The van der Waals surface area contributed by atoms with Crippen LogP contribution in [-0.2, 0) is 6.42 Å². The van der Waals surface area contributed by atoms with Gasteiger partial charge in [-0.3, -0.25) is 4.79 Å². The van der Waals surface area contributed by atoms with E-state index in [1.807, 2.05) is 24.3 Å². The minimum absolute atomic E-state index is 0.0472. The van der Waals surface area contributed by atoms with E-state index in [4.69, 9.17) is 4.42 Å². The zero-order valence-electron chi connectivity index (χ0n) is 15.1. The molecule has 5 nitrogen and oxygen atoms in total. The molecule has 0 saturated carbocycles. The number of rotatable bonds is 6. The van der Waals surface area contributed by atoms with E-state index < -0.39 is 0 Å². The van der Waals surface area contributed by atoms with Crippen LogP contribution in [0.5, 0.6) is 0 Å². The Balaban J connectivity index is 1.44. The van der Waals surface area contributed by atoms with Gasteiger partial charge in [0.05, 0.1) is 6.26 Å². The molecular weight excluding hydrogens is 314 g/mol. The van der Waals surface area contributed by atoms with Crippen molar-refractivity contribution in [3.63, 3.8) is 0 Å². The number of anilines is 1. The zero-order valence-corrected chi connectivity index (χ0v) is 15.1. The van der Waals surface area contributed by atoms with Crippen molar-refractivity contribution in [3.8, 4) is 0 Å². The number of carbonyl (C=O) groups is 1. The molecule has 0 aliphatic carbocycles. The third kappa shape index (κ3) is 4.63. The lowest BCUT2D eigenvalue weighted by molar-refractivity contribution is 0.0827. The first-order chi connectivity index (χ1) is 12.1. The molecule has 1 fully saturated rings. The molecule has 1 aliphatic heterocycles. The van der Waals surface area contributed by atoms with Gasteiger partial charge < -0.3 is 19.5 Å². The molecule has 1 aromatic carbocycles. The Morgan fingerprint density at radius 3 is 2.52 bits per heavy atom. The van der Waals surface area contributed by atoms with Gasteiger partial charge in [-0.2, -0.15) is 0 Å². The summed E-state index contributed by atoms with van der Waals surface area (Å²) in [5, 5.41) is 3.63. The molecule has 0 unspecified atom stereocenters. The second kappa shape index (κ2) is 8.21. The van der Waals surface area contributed by atoms with Gasteiger partial charge >= 0.3 is 0 Å². The quantitative estimate of drug-likeness (QED) is 0.878. The Hall–Kier alpha value is -2.27. The number of nitrogens with one attached hydrogen (secondary N) is 1. The van der Waals surface area contributed by atoms with Gasteiger partial charge in [0, 0.05) is 57.4 Å². The average Bonchev–Trinajstić information content (AvgIpc) is 3.15. The van der Waals surface area contributed by atoms with E-state index in [1.165, 1.54) is 5.69 Å². The molecule has 1 aliphatic rings. The largest absolute Gasteiger partial charge is 0.469 e. The van der Waals surface area contributed by atoms with Gasteiger partial charge in [0.15, 0.2) is 0 Å². The number of benzene rings is 1. The number of amides is 1. The van der Waals surface area contributed by atoms with Crippen molar-refractivity contribution in [1.29, 1.82) is 0 Å². The maximum atomic E-state index is 12.0.